The maximum absolute atomic E-state index is 13.5. The number of carbonyl (C=O) groups is 1. The molecule has 1 unspecified atom stereocenters. The van der Waals surface area contributed by atoms with Crippen LogP contribution in [0.5, 0.6) is 5.75 Å². The van der Waals surface area contributed by atoms with Crippen LogP contribution in [0.3, 0.4) is 0 Å². The number of hydrogen-bond donors (Lipinski definition) is 0. The third-order valence-corrected chi connectivity index (χ3v) is 6.44. The van der Waals surface area contributed by atoms with Crippen LogP contribution in [0.1, 0.15) is 38.0 Å². The Kier molecular flexibility index (Phi) is 5.84. The fourth-order valence-corrected chi connectivity index (χ4v) is 4.66. The number of hydrogen-bond acceptors (Lipinski definition) is 4. The van der Waals surface area contributed by atoms with Gasteiger partial charge in [-0.3, -0.25) is 4.79 Å². The number of benzene rings is 3. The van der Waals surface area contributed by atoms with Gasteiger partial charge >= 0.3 is 0 Å². The molecule has 3 aromatic rings. The molecular weight excluding hydrogens is 416 g/mol. The number of rotatable bonds is 4. The first-order valence-corrected chi connectivity index (χ1v) is 10.8. The molecule has 0 aromatic heterocycles. The summed E-state index contributed by atoms with van der Waals surface area (Å²) in [5, 5.41) is 7.37. The fraction of sp³-hybridized carbons (Fsp3) is 0.167. The van der Waals surface area contributed by atoms with Crippen LogP contribution in [-0.4, -0.2) is 23.1 Å². The van der Waals surface area contributed by atoms with E-state index in [2.05, 4.69) is 0 Å². The molecule has 0 saturated carbocycles. The molecule has 30 heavy (non-hydrogen) atoms. The molecule has 0 bridgehead atoms. The van der Waals surface area contributed by atoms with Gasteiger partial charge in [0.2, 0.25) is 0 Å². The summed E-state index contributed by atoms with van der Waals surface area (Å²) >= 11 is 7.57. The van der Waals surface area contributed by atoms with Crippen LogP contribution >= 0.6 is 23.4 Å². The SMILES string of the molecule is COc1cc(C)ccc1C1SC(c2ccc(Cl)cc2)=NN1C(=O)c1ccccc1C. The Bertz CT molecular complexity index is 1130. The Morgan fingerprint density at radius 1 is 1.07 bits per heavy atom. The van der Waals surface area contributed by atoms with E-state index in [0.717, 1.165) is 33.0 Å². The zero-order valence-electron chi connectivity index (χ0n) is 16.9. The lowest BCUT2D eigenvalue weighted by molar-refractivity contribution is 0.0747. The van der Waals surface area contributed by atoms with Crippen LogP contribution in [0.25, 0.3) is 0 Å². The predicted molar refractivity (Wildman–Crippen MR) is 123 cm³/mol. The lowest BCUT2D eigenvalue weighted by Gasteiger charge is -2.23. The van der Waals surface area contributed by atoms with Gasteiger partial charge in [0.1, 0.15) is 16.2 Å². The second-order valence-electron chi connectivity index (χ2n) is 7.09. The van der Waals surface area contributed by atoms with Crippen LogP contribution < -0.4 is 4.74 Å². The van der Waals surface area contributed by atoms with Crippen LogP contribution in [0.4, 0.5) is 0 Å². The zero-order valence-corrected chi connectivity index (χ0v) is 18.5. The molecular formula is C24H21ClN2O2S. The largest absolute Gasteiger partial charge is 0.496 e. The number of methoxy groups -OCH3 is 1. The van der Waals surface area contributed by atoms with Crippen molar-refractivity contribution < 1.29 is 9.53 Å². The molecule has 152 valence electrons. The van der Waals surface area contributed by atoms with Crippen LogP contribution in [0, 0.1) is 13.8 Å². The average Bonchev–Trinajstić information content (AvgIpc) is 3.19. The van der Waals surface area contributed by atoms with Crippen molar-refractivity contribution >= 4 is 34.3 Å². The number of carbonyl (C=O) groups excluding carboxylic acids is 1. The van der Waals surface area contributed by atoms with Gasteiger partial charge in [0.25, 0.3) is 5.91 Å². The monoisotopic (exact) mass is 436 g/mol. The second-order valence-corrected chi connectivity index (χ2v) is 8.60. The Morgan fingerprint density at radius 2 is 1.80 bits per heavy atom. The number of hydrazone groups is 1. The molecule has 4 nitrogen and oxygen atoms in total. The van der Waals surface area contributed by atoms with Crippen molar-refractivity contribution in [3.05, 3.63) is 99.6 Å². The van der Waals surface area contributed by atoms with E-state index in [4.69, 9.17) is 21.4 Å². The highest BCUT2D eigenvalue weighted by Crippen LogP contribution is 2.45. The highest BCUT2D eigenvalue weighted by atomic mass is 35.5. The van der Waals surface area contributed by atoms with Crippen LogP contribution in [-0.2, 0) is 0 Å². The summed E-state index contributed by atoms with van der Waals surface area (Å²) in [6.45, 7) is 3.95. The summed E-state index contributed by atoms with van der Waals surface area (Å²) in [6.07, 6.45) is 0. The standard InChI is InChI=1S/C24H21ClN2O2S/c1-15-8-13-20(21(14-15)29-3)24-27(23(28)19-7-5-4-6-16(19)2)26-22(30-24)17-9-11-18(25)12-10-17/h4-14,24H,1-3H3. The molecule has 0 N–H and O–H groups in total. The van der Waals surface area contributed by atoms with Crippen molar-refractivity contribution in [2.45, 2.75) is 19.2 Å². The summed E-state index contributed by atoms with van der Waals surface area (Å²) in [7, 11) is 1.65. The van der Waals surface area contributed by atoms with Gasteiger partial charge in [-0.1, -0.05) is 65.8 Å². The average molecular weight is 437 g/mol. The number of amides is 1. The van der Waals surface area contributed by atoms with Crippen molar-refractivity contribution in [1.82, 2.24) is 5.01 Å². The van der Waals surface area contributed by atoms with Gasteiger partial charge in [0.15, 0.2) is 0 Å². The minimum absolute atomic E-state index is 0.141. The third-order valence-electron chi connectivity index (χ3n) is 4.97. The summed E-state index contributed by atoms with van der Waals surface area (Å²) < 4.78 is 5.63. The Balaban J connectivity index is 1.79. The number of thioether (sulfide) groups is 1. The Hall–Kier alpha value is -2.76. The molecule has 0 saturated heterocycles. The highest BCUT2D eigenvalue weighted by molar-refractivity contribution is 8.14. The molecule has 1 amide bonds. The van der Waals surface area contributed by atoms with E-state index in [1.54, 1.807) is 12.1 Å². The van der Waals surface area contributed by atoms with E-state index in [0.29, 0.717) is 10.6 Å². The van der Waals surface area contributed by atoms with Crippen LogP contribution in [0.2, 0.25) is 5.02 Å². The van der Waals surface area contributed by atoms with Crippen molar-refractivity contribution in [3.8, 4) is 5.75 Å². The number of halogens is 1. The zero-order chi connectivity index (χ0) is 21.3. The summed E-state index contributed by atoms with van der Waals surface area (Å²) in [5.41, 5.74) is 4.46. The summed E-state index contributed by atoms with van der Waals surface area (Å²) in [4.78, 5) is 13.5. The molecule has 1 heterocycles. The van der Waals surface area contributed by atoms with E-state index in [-0.39, 0.29) is 11.3 Å². The van der Waals surface area contributed by atoms with Gasteiger partial charge in [0.05, 0.1) is 7.11 Å². The number of ether oxygens (including phenoxy) is 1. The van der Waals surface area contributed by atoms with Gasteiger partial charge in [-0.05, 0) is 49.2 Å². The lowest BCUT2D eigenvalue weighted by Crippen LogP contribution is -2.27. The van der Waals surface area contributed by atoms with E-state index in [1.165, 1.54) is 11.8 Å². The lowest BCUT2D eigenvalue weighted by atomic mass is 10.1. The van der Waals surface area contributed by atoms with Crippen molar-refractivity contribution in [3.63, 3.8) is 0 Å². The van der Waals surface area contributed by atoms with Crippen molar-refractivity contribution in [1.29, 1.82) is 0 Å². The second kappa shape index (κ2) is 8.54. The first kappa shape index (κ1) is 20.5. The predicted octanol–water partition coefficient (Wildman–Crippen LogP) is 6.22. The smallest absolute Gasteiger partial charge is 0.275 e. The van der Waals surface area contributed by atoms with Gasteiger partial charge in [-0.2, -0.15) is 5.10 Å². The maximum Gasteiger partial charge on any atom is 0.275 e. The fourth-order valence-electron chi connectivity index (χ4n) is 3.35. The van der Waals surface area contributed by atoms with E-state index in [9.17, 15) is 4.79 Å². The molecule has 3 aromatic carbocycles. The van der Waals surface area contributed by atoms with Gasteiger partial charge < -0.3 is 4.74 Å². The first-order chi connectivity index (χ1) is 14.5. The maximum atomic E-state index is 13.5. The Labute approximate surface area is 185 Å². The molecule has 0 aliphatic carbocycles. The first-order valence-electron chi connectivity index (χ1n) is 9.53. The topological polar surface area (TPSA) is 41.9 Å². The number of nitrogens with zero attached hydrogens (tertiary/aromatic N) is 2. The molecule has 1 aliphatic heterocycles. The molecule has 1 aliphatic rings. The van der Waals surface area contributed by atoms with E-state index >= 15 is 0 Å². The minimum atomic E-state index is -0.335. The van der Waals surface area contributed by atoms with Crippen molar-refractivity contribution in [2.24, 2.45) is 5.10 Å². The Morgan fingerprint density at radius 3 is 2.50 bits per heavy atom. The minimum Gasteiger partial charge on any atom is -0.496 e. The summed E-state index contributed by atoms with van der Waals surface area (Å²) in [6, 6.07) is 21.1. The van der Waals surface area contributed by atoms with Crippen molar-refractivity contribution in [2.75, 3.05) is 7.11 Å². The summed E-state index contributed by atoms with van der Waals surface area (Å²) in [5.74, 6) is 0.597. The normalized spacial score (nSPS) is 15.8. The van der Waals surface area contributed by atoms with E-state index in [1.807, 2.05) is 80.6 Å². The molecule has 4 rings (SSSR count). The molecule has 0 fully saturated rings. The molecule has 0 radical (unpaired) electrons. The number of aryl methyl sites for hydroxylation is 2. The molecule has 6 heteroatoms. The molecule has 1 atom stereocenters. The van der Waals surface area contributed by atoms with Gasteiger partial charge in [-0.15, -0.1) is 0 Å². The van der Waals surface area contributed by atoms with Crippen LogP contribution in [0.15, 0.2) is 71.8 Å². The molecule has 0 spiro atoms. The van der Waals surface area contributed by atoms with E-state index < -0.39 is 0 Å². The van der Waals surface area contributed by atoms with Gasteiger partial charge in [-0.25, -0.2) is 5.01 Å². The highest BCUT2D eigenvalue weighted by Gasteiger charge is 2.36. The third kappa shape index (κ3) is 3.95. The quantitative estimate of drug-likeness (QED) is 0.487. The van der Waals surface area contributed by atoms with Gasteiger partial charge in [0, 0.05) is 21.7 Å².